The Morgan fingerprint density at radius 3 is 2.47 bits per heavy atom. The van der Waals surface area contributed by atoms with Crippen LogP contribution in [0.25, 0.3) is 0 Å². The zero-order chi connectivity index (χ0) is 12.1. The number of carbonyl (C=O) groups is 1. The molecule has 0 aliphatic rings. The third-order valence-corrected chi connectivity index (χ3v) is 2.50. The van der Waals surface area contributed by atoms with Crippen molar-refractivity contribution < 1.29 is 4.79 Å². The van der Waals surface area contributed by atoms with Gasteiger partial charge in [0.15, 0.2) is 0 Å². The first-order chi connectivity index (χ1) is 8.24. The van der Waals surface area contributed by atoms with E-state index in [9.17, 15) is 4.79 Å². The molecule has 0 radical (unpaired) electrons. The molecule has 0 amide bonds. The number of anilines is 1. The number of carbonyl (C=O) groups excluding carboxylic acids is 1. The summed E-state index contributed by atoms with van der Waals surface area (Å²) in [5.74, 6) is 0.182. The van der Waals surface area contributed by atoms with E-state index in [4.69, 9.17) is 5.73 Å². The summed E-state index contributed by atoms with van der Waals surface area (Å²) in [5, 5.41) is 0. The van der Waals surface area contributed by atoms with Gasteiger partial charge in [-0.3, -0.25) is 9.78 Å². The normalized spacial score (nSPS) is 10.1. The second-order valence-corrected chi connectivity index (χ2v) is 3.99. The fraction of sp³-hybridized carbons (Fsp3) is 0.143. The SMILES string of the molecule is Nc1cccc(CC(=O)Cc2ccncc2)c1. The van der Waals surface area contributed by atoms with Gasteiger partial charge in [-0.05, 0) is 35.4 Å². The molecule has 1 heterocycles. The summed E-state index contributed by atoms with van der Waals surface area (Å²) < 4.78 is 0. The number of Topliss-reactive ketones (excluding diaryl/α,β-unsaturated/α-hetero) is 1. The maximum atomic E-state index is 11.8. The zero-order valence-electron chi connectivity index (χ0n) is 9.47. The molecule has 0 saturated carbocycles. The van der Waals surface area contributed by atoms with Crippen LogP contribution in [0, 0.1) is 0 Å². The first-order valence-electron chi connectivity index (χ1n) is 5.49. The van der Waals surface area contributed by atoms with Crippen molar-refractivity contribution in [3.63, 3.8) is 0 Å². The van der Waals surface area contributed by atoms with Gasteiger partial charge < -0.3 is 5.73 Å². The molecule has 86 valence electrons. The molecular weight excluding hydrogens is 212 g/mol. The predicted octanol–water partition coefficient (Wildman–Crippen LogP) is 2.02. The molecule has 2 rings (SSSR count). The number of hydrogen-bond acceptors (Lipinski definition) is 3. The molecule has 0 spiro atoms. The average Bonchev–Trinajstić information content (AvgIpc) is 2.30. The van der Waals surface area contributed by atoms with E-state index in [1.807, 2.05) is 36.4 Å². The molecular formula is C14H14N2O. The van der Waals surface area contributed by atoms with Crippen LogP contribution < -0.4 is 5.73 Å². The minimum absolute atomic E-state index is 0.182. The van der Waals surface area contributed by atoms with Crippen molar-refractivity contribution in [2.75, 3.05) is 5.73 Å². The topological polar surface area (TPSA) is 56.0 Å². The molecule has 1 aromatic carbocycles. The Kier molecular flexibility index (Phi) is 3.50. The molecule has 2 N–H and O–H groups in total. The van der Waals surface area contributed by atoms with Gasteiger partial charge in [0.1, 0.15) is 5.78 Å². The van der Waals surface area contributed by atoms with Crippen LogP contribution in [0.3, 0.4) is 0 Å². The minimum Gasteiger partial charge on any atom is -0.399 e. The summed E-state index contributed by atoms with van der Waals surface area (Å²) in [7, 11) is 0. The Bertz CT molecular complexity index is 509. The highest BCUT2D eigenvalue weighted by molar-refractivity contribution is 5.83. The van der Waals surface area contributed by atoms with Gasteiger partial charge in [0.05, 0.1) is 0 Å². The summed E-state index contributed by atoms with van der Waals surface area (Å²) in [5.41, 5.74) is 8.32. The maximum absolute atomic E-state index is 11.8. The number of hydrogen-bond donors (Lipinski definition) is 1. The number of nitrogens with zero attached hydrogens (tertiary/aromatic N) is 1. The molecule has 17 heavy (non-hydrogen) atoms. The van der Waals surface area contributed by atoms with Crippen LogP contribution in [-0.4, -0.2) is 10.8 Å². The number of pyridine rings is 1. The fourth-order valence-electron chi connectivity index (χ4n) is 1.72. The lowest BCUT2D eigenvalue weighted by Crippen LogP contribution is -2.06. The van der Waals surface area contributed by atoms with Gasteiger partial charge in [-0.15, -0.1) is 0 Å². The van der Waals surface area contributed by atoms with Crippen LogP contribution in [0.1, 0.15) is 11.1 Å². The number of nitrogen functional groups attached to an aromatic ring is 1. The molecule has 2 aromatic rings. The van der Waals surface area contributed by atoms with E-state index in [0.29, 0.717) is 18.5 Å². The summed E-state index contributed by atoms with van der Waals surface area (Å²) >= 11 is 0. The largest absolute Gasteiger partial charge is 0.399 e. The highest BCUT2D eigenvalue weighted by atomic mass is 16.1. The van der Waals surface area contributed by atoms with Gasteiger partial charge in [-0.1, -0.05) is 12.1 Å². The second kappa shape index (κ2) is 5.25. The first kappa shape index (κ1) is 11.3. The minimum atomic E-state index is 0.182. The van der Waals surface area contributed by atoms with E-state index >= 15 is 0 Å². The molecule has 0 bridgehead atoms. The molecule has 0 atom stereocenters. The standard InChI is InChI=1S/C14H14N2O/c15-13-3-1-2-12(8-13)10-14(17)9-11-4-6-16-7-5-11/h1-8H,9-10,15H2. The lowest BCUT2D eigenvalue weighted by atomic mass is 10.0. The zero-order valence-corrected chi connectivity index (χ0v) is 9.47. The number of benzene rings is 1. The van der Waals surface area contributed by atoms with E-state index in [1.54, 1.807) is 12.4 Å². The molecule has 0 fully saturated rings. The number of nitrogens with two attached hydrogens (primary N) is 1. The average molecular weight is 226 g/mol. The molecule has 0 aliphatic heterocycles. The van der Waals surface area contributed by atoms with Gasteiger partial charge in [0.25, 0.3) is 0 Å². The third kappa shape index (κ3) is 3.41. The maximum Gasteiger partial charge on any atom is 0.141 e. The Morgan fingerprint density at radius 1 is 1.06 bits per heavy atom. The van der Waals surface area contributed by atoms with E-state index in [1.165, 1.54) is 0 Å². The lowest BCUT2D eigenvalue weighted by molar-refractivity contribution is -0.117. The molecule has 0 saturated heterocycles. The summed E-state index contributed by atoms with van der Waals surface area (Å²) in [4.78, 5) is 15.8. The summed E-state index contributed by atoms with van der Waals surface area (Å²) in [6.45, 7) is 0. The second-order valence-electron chi connectivity index (χ2n) is 3.99. The van der Waals surface area contributed by atoms with Crippen molar-refractivity contribution >= 4 is 11.5 Å². The molecule has 0 unspecified atom stereocenters. The van der Waals surface area contributed by atoms with Crippen molar-refractivity contribution in [3.05, 3.63) is 59.9 Å². The molecule has 3 nitrogen and oxygen atoms in total. The Morgan fingerprint density at radius 2 is 1.76 bits per heavy atom. The van der Waals surface area contributed by atoms with Crippen molar-refractivity contribution in [1.82, 2.24) is 4.98 Å². The van der Waals surface area contributed by atoms with Crippen molar-refractivity contribution in [3.8, 4) is 0 Å². The van der Waals surface area contributed by atoms with Gasteiger partial charge in [-0.25, -0.2) is 0 Å². The smallest absolute Gasteiger partial charge is 0.141 e. The van der Waals surface area contributed by atoms with Crippen LogP contribution in [0.2, 0.25) is 0 Å². The van der Waals surface area contributed by atoms with Gasteiger partial charge >= 0.3 is 0 Å². The van der Waals surface area contributed by atoms with Crippen LogP contribution in [0.5, 0.6) is 0 Å². The first-order valence-corrected chi connectivity index (χ1v) is 5.49. The monoisotopic (exact) mass is 226 g/mol. The van der Waals surface area contributed by atoms with Crippen LogP contribution in [0.4, 0.5) is 5.69 Å². The number of aromatic nitrogens is 1. The highest BCUT2D eigenvalue weighted by Crippen LogP contribution is 2.09. The van der Waals surface area contributed by atoms with Gasteiger partial charge in [0.2, 0.25) is 0 Å². The number of rotatable bonds is 4. The van der Waals surface area contributed by atoms with Gasteiger partial charge in [-0.2, -0.15) is 0 Å². The fourth-order valence-corrected chi connectivity index (χ4v) is 1.72. The third-order valence-electron chi connectivity index (χ3n) is 2.50. The summed E-state index contributed by atoms with van der Waals surface area (Å²) in [6.07, 6.45) is 4.26. The summed E-state index contributed by atoms with van der Waals surface area (Å²) in [6, 6.07) is 11.2. The van der Waals surface area contributed by atoms with Gasteiger partial charge in [0, 0.05) is 30.9 Å². The Labute approximate surface area is 100 Å². The van der Waals surface area contributed by atoms with E-state index in [2.05, 4.69) is 4.98 Å². The van der Waals surface area contributed by atoms with Crippen molar-refractivity contribution in [2.45, 2.75) is 12.8 Å². The molecule has 0 aliphatic carbocycles. The van der Waals surface area contributed by atoms with Crippen molar-refractivity contribution in [2.24, 2.45) is 0 Å². The molecule has 3 heteroatoms. The number of ketones is 1. The highest BCUT2D eigenvalue weighted by Gasteiger charge is 2.05. The van der Waals surface area contributed by atoms with Crippen molar-refractivity contribution in [1.29, 1.82) is 0 Å². The Hall–Kier alpha value is -2.16. The van der Waals surface area contributed by atoms with Crippen LogP contribution in [0.15, 0.2) is 48.8 Å². The lowest BCUT2D eigenvalue weighted by Gasteiger charge is -2.02. The van der Waals surface area contributed by atoms with E-state index in [-0.39, 0.29) is 5.78 Å². The van der Waals surface area contributed by atoms with E-state index < -0.39 is 0 Å². The molecule has 1 aromatic heterocycles. The predicted molar refractivity (Wildman–Crippen MR) is 67.5 cm³/mol. The quantitative estimate of drug-likeness (QED) is 0.811. The van der Waals surface area contributed by atoms with Crippen LogP contribution >= 0.6 is 0 Å². The van der Waals surface area contributed by atoms with E-state index in [0.717, 1.165) is 11.1 Å². The Balaban J connectivity index is 1.98. The van der Waals surface area contributed by atoms with Crippen LogP contribution in [-0.2, 0) is 17.6 Å².